The number of hydrogen-bond acceptors (Lipinski definition) is 2. The lowest BCUT2D eigenvalue weighted by atomic mass is 9.85. The van der Waals surface area contributed by atoms with Crippen LogP contribution < -0.4 is 10.5 Å². The number of ether oxygens (including phenoxy) is 1. The summed E-state index contributed by atoms with van der Waals surface area (Å²) in [4.78, 5) is 0. The highest BCUT2D eigenvalue weighted by Crippen LogP contribution is 2.32. The van der Waals surface area contributed by atoms with Gasteiger partial charge in [0, 0.05) is 6.54 Å². The van der Waals surface area contributed by atoms with Crippen molar-refractivity contribution in [3.63, 3.8) is 0 Å². The van der Waals surface area contributed by atoms with Crippen LogP contribution in [0.15, 0.2) is 18.2 Å². The molecule has 0 saturated carbocycles. The Morgan fingerprint density at radius 3 is 2.44 bits per heavy atom. The average Bonchev–Trinajstić information content (AvgIpc) is 2.19. The third kappa shape index (κ3) is 3.24. The summed E-state index contributed by atoms with van der Waals surface area (Å²) in [6.45, 7) is 11.2. The second-order valence-corrected chi connectivity index (χ2v) is 5.41. The molecule has 1 rings (SSSR count). The van der Waals surface area contributed by atoms with E-state index < -0.39 is 0 Å². The van der Waals surface area contributed by atoms with Crippen LogP contribution in [0, 0.1) is 6.92 Å². The fourth-order valence-electron chi connectivity index (χ4n) is 1.60. The second-order valence-electron chi connectivity index (χ2n) is 5.41. The van der Waals surface area contributed by atoms with E-state index in [1.54, 1.807) is 0 Å². The van der Waals surface area contributed by atoms with Crippen LogP contribution in [0.2, 0.25) is 0 Å². The topological polar surface area (TPSA) is 35.2 Å². The van der Waals surface area contributed by atoms with Gasteiger partial charge in [0.1, 0.15) is 11.9 Å². The standard InChI is InChI=1S/C14H23NO/c1-10-6-7-13(16-11(2)9-15)12(8-10)14(3,4)5/h6-8,11H,9,15H2,1-5H3. The average molecular weight is 221 g/mol. The molecule has 16 heavy (non-hydrogen) atoms. The second kappa shape index (κ2) is 4.88. The van der Waals surface area contributed by atoms with Gasteiger partial charge >= 0.3 is 0 Å². The van der Waals surface area contributed by atoms with Gasteiger partial charge in [-0.1, -0.05) is 38.5 Å². The highest BCUT2D eigenvalue weighted by Gasteiger charge is 2.19. The molecule has 0 aliphatic rings. The van der Waals surface area contributed by atoms with Crippen LogP contribution in [-0.4, -0.2) is 12.6 Å². The molecule has 0 spiro atoms. The first-order valence-electron chi connectivity index (χ1n) is 5.82. The molecule has 0 radical (unpaired) electrons. The van der Waals surface area contributed by atoms with Crippen molar-refractivity contribution in [1.82, 2.24) is 0 Å². The Labute approximate surface area is 98.8 Å². The molecule has 0 saturated heterocycles. The quantitative estimate of drug-likeness (QED) is 0.851. The molecule has 1 aromatic carbocycles. The summed E-state index contributed by atoms with van der Waals surface area (Å²) in [7, 11) is 0. The van der Waals surface area contributed by atoms with Crippen molar-refractivity contribution < 1.29 is 4.74 Å². The Kier molecular flexibility index (Phi) is 3.98. The Balaban J connectivity index is 3.08. The van der Waals surface area contributed by atoms with Crippen molar-refractivity contribution in [2.24, 2.45) is 5.73 Å². The van der Waals surface area contributed by atoms with E-state index in [1.807, 2.05) is 13.0 Å². The molecule has 0 aliphatic carbocycles. The predicted octanol–water partition coefficient (Wildman–Crippen LogP) is 3.02. The monoisotopic (exact) mass is 221 g/mol. The van der Waals surface area contributed by atoms with Gasteiger partial charge in [-0.3, -0.25) is 0 Å². The van der Waals surface area contributed by atoms with E-state index in [0.29, 0.717) is 6.54 Å². The zero-order valence-corrected chi connectivity index (χ0v) is 11.0. The van der Waals surface area contributed by atoms with Gasteiger partial charge in [0.2, 0.25) is 0 Å². The number of aryl methyl sites for hydroxylation is 1. The number of nitrogens with two attached hydrogens (primary N) is 1. The van der Waals surface area contributed by atoms with Gasteiger partial charge in [0.05, 0.1) is 0 Å². The Morgan fingerprint density at radius 2 is 1.94 bits per heavy atom. The fourth-order valence-corrected chi connectivity index (χ4v) is 1.60. The van der Waals surface area contributed by atoms with Gasteiger partial charge in [-0.15, -0.1) is 0 Å². The molecule has 2 nitrogen and oxygen atoms in total. The zero-order chi connectivity index (χ0) is 12.3. The molecule has 1 aromatic rings. The van der Waals surface area contributed by atoms with E-state index in [-0.39, 0.29) is 11.5 Å². The number of rotatable bonds is 3. The van der Waals surface area contributed by atoms with Crippen molar-refractivity contribution in [2.75, 3.05) is 6.54 Å². The summed E-state index contributed by atoms with van der Waals surface area (Å²) >= 11 is 0. The molecule has 1 unspecified atom stereocenters. The van der Waals surface area contributed by atoms with E-state index in [4.69, 9.17) is 10.5 Å². The molecule has 0 aliphatic heterocycles. The van der Waals surface area contributed by atoms with Gasteiger partial charge in [-0.05, 0) is 30.9 Å². The van der Waals surface area contributed by atoms with Crippen LogP contribution in [-0.2, 0) is 5.41 Å². The minimum Gasteiger partial charge on any atom is -0.489 e. The molecule has 0 heterocycles. The molecular weight excluding hydrogens is 198 g/mol. The van der Waals surface area contributed by atoms with E-state index in [2.05, 4.69) is 39.8 Å². The van der Waals surface area contributed by atoms with Crippen LogP contribution in [0.1, 0.15) is 38.8 Å². The highest BCUT2D eigenvalue weighted by molar-refractivity contribution is 5.41. The molecule has 2 N–H and O–H groups in total. The first-order valence-corrected chi connectivity index (χ1v) is 5.82. The maximum Gasteiger partial charge on any atom is 0.123 e. The smallest absolute Gasteiger partial charge is 0.123 e. The van der Waals surface area contributed by atoms with Gasteiger partial charge in [0.25, 0.3) is 0 Å². The van der Waals surface area contributed by atoms with Gasteiger partial charge in [0.15, 0.2) is 0 Å². The van der Waals surface area contributed by atoms with E-state index in [1.165, 1.54) is 11.1 Å². The Morgan fingerprint density at radius 1 is 1.31 bits per heavy atom. The SMILES string of the molecule is Cc1ccc(OC(C)CN)c(C(C)(C)C)c1. The van der Waals surface area contributed by atoms with E-state index in [0.717, 1.165) is 5.75 Å². The Bertz CT molecular complexity index is 352. The normalized spacial score (nSPS) is 13.6. The largest absolute Gasteiger partial charge is 0.489 e. The number of benzene rings is 1. The van der Waals surface area contributed by atoms with Crippen LogP contribution in [0.25, 0.3) is 0 Å². The summed E-state index contributed by atoms with van der Waals surface area (Å²) in [5.74, 6) is 0.955. The zero-order valence-electron chi connectivity index (χ0n) is 11.0. The summed E-state index contributed by atoms with van der Waals surface area (Å²) < 4.78 is 5.85. The highest BCUT2D eigenvalue weighted by atomic mass is 16.5. The molecule has 0 bridgehead atoms. The Hall–Kier alpha value is -1.02. The van der Waals surface area contributed by atoms with Crippen LogP contribution in [0.3, 0.4) is 0 Å². The first kappa shape index (κ1) is 13.0. The molecule has 1 atom stereocenters. The molecule has 0 fully saturated rings. The maximum atomic E-state index is 5.85. The van der Waals surface area contributed by atoms with Crippen molar-refractivity contribution >= 4 is 0 Å². The molecule has 90 valence electrons. The van der Waals surface area contributed by atoms with Crippen molar-refractivity contribution in [3.05, 3.63) is 29.3 Å². The summed E-state index contributed by atoms with van der Waals surface area (Å²) in [6, 6.07) is 6.31. The van der Waals surface area contributed by atoms with Gasteiger partial charge < -0.3 is 10.5 Å². The van der Waals surface area contributed by atoms with E-state index in [9.17, 15) is 0 Å². The van der Waals surface area contributed by atoms with Crippen LogP contribution in [0.5, 0.6) is 5.75 Å². The third-order valence-electron chi connectivity index (χ3n) is 2.60. The molecule has 0 aromatic heterocycles. The number of hydrogen-bond donors (Lipinski definition) is 1. The lowest BCUT2D eigenvalue weighted by molar-refractivity contribution is 0.224. The third-order valence-corrected chi connectivity index (χ3v) is 2.60. The maximum absolute atomic E-state index is 5.85. The minimum absolute atomic E-state index is 0.0591. The first-order chi connectivity index (χ1) is 7.34. The van der Waals surface area contributed by atoms with Gasteiger partial charge in [-0.2, -0.15) is 0 Å². The summed E-state index contributed by atoms with van der Waals surface area (Å²) in [6.07, 6.45) is 0.0591. The van der Waals surface area contributed by atoms with Crippen molar-refractivity contribution in [2.45, 2.75) is 46.1 Å². The molecular formula is C14H23NO. The molecule has 2 heteroatoms. The van der Waals surface area contributed by atoms with Crippen LogP contribution in [0.4, 0.5) is 0 Å². The minimum atomic E-state index is 0.0591. The summed E-state index contributed by atoms with van der Waals surface area (Å²) in [5, 5.41) is 0. The van der Waals surface area contributed by atoms with Gasteiger partial charge in [-0.25, -0.2) is 0 Å². The lowest BCUT2D eigenvalue weighted by Gasteiger charge is -2.25. The summed E-state index contributed by atoms with van der Waals surface area (Å²) in [5.41, 5.74) is 8.18. The van der Waals surface area contributed by atoms with Crippen LogP contribution >= 0.6 is 0 Å². The van der Waals surface area contributed by atoms with E-state index >= 15 is 0 Å². The molecule has 0 amide bonds. The van der Waals surface area contributed by atoms with Crippen molar-refractivity contribution in [1.29, 1.82) is 0 Å². The lowest BCUT2D eigenvalue weighted by Crippen LogP contribution is -2.24. The fraction of sp³-hybridized carbons (Fsp3) is 0.571. The predicted molar refractivity (Wildman–Crippen MR) is 69.0 cm³/mol. The van der Waals surface area contributed by atoms with Crippen molar-refractivity contribution in [3.8, 4) is 5.75 Å².